The van der Waals surface area contributed by atoms with E-state index < -0.39 is 0 Å². The average molecular weight is 370 g/mol. The van der Waals surface area contributed by atoms with Crippen LogP contribution in [0.1, 0.15) is 52.5 Å². The molecule has 1 aliphatic rings. The second-order valence-corrected chi connectivity index (χ2v) is 7.88. The third-order valence-electron chi connectivity index (χ3n) is 5.57. The third kappa shape index (κ3) is 4.18. The number of anilines is 1. The predicted octanol–water partition coefficient (Wildman–Crippen LogP) is 4.72. The fourth-order valence-electron chi connectivity index (χ4n) is 3.18. The van der Waals surface area contributed by atoms with Gasteiger partial charge in [-0.1, -0.05) is 42.4 Å². The van der Waals surface area contributed by atoms with E-state index in [4.69, 9.17) is 4.52 Å². The van der Waals surface area contributed by atoms with Gasteiger partial charge in [0.25, 0.3) is 0 Å². The van der Waals surface area contributed by atoms with Crippen LogP contribution in [0, 0.1) is 5.92 Å². The van der Waals surface area contributed by atoms with Crippen molar-refractivity contribution in [2.24, 2.45) is 5.92 Å². The number of hydrogen-bond donors (Lipinski definition) is 0. The largest absolute Gasteiger partial charge is 0.341 e. The van der Waals surface area contributed by atoms with Crippen molar-refractivity contribution in [3.8, 4) is 11.3 Å². The maximum Gasteiger partial charge on any atom is 0.232 e. The Bertz CT molecular complexity index is 765. The van der Waals surface area contributed by atoms with Crippen molar-refractivity contribution in [1.82, 2.24) is 10.1 Å². The Morgan fingerprint density at radius 2 is 1.89 bits per heavy atom. The third-order valence-corrected chi connectivity index (χ3v) is 5.57. The number of carbonyl (C=O) groups is 1. The smallest absolute Gasteiger partial charge is 0.232 e. The van der Waals surface area contributed by atoms with Gasteiger partial charge in [0, 0.05) is 30.6 Å². The molecule has 0 bridgehead atoms. The van der Waals surface area contributed by atoms with E-state index in [0.29, 0.717) is 6.54 Å². The van der Waals surface area contributed by atoms with E-state index >= 15 is 0 Å². The van der Waals surface area contributed by atoms with Gasteiger partial charge in [-0.2, -0.15) is 0 Å². The summed E-state index contributed by atoms with van der Waals surface area (Å²) < 4.78 is 5.78. The molecule has 3 rings (SSSR count). The minimum absolute atomic E-state index is 0.189. The highest BCUT2D eigenvalue weighted by Crippen LogP contribution is 2.36. The zero-order chi connectivity index (χ0) is 19.6. The van der Waals surface area contributed by atoms with Gasteiger partial charge in [-0.3, -0.25) is 4.79 Å². The molecule has 1 aromatic carbocycles. The van der Waals surface area contributed by atoms with E-state index in [1.165, 1.54) is 0 Å². The molecule has 1 atom stereocenters. The first-order valence-electron chi connectivity index (χ1n) is 10.0. The van der Waals surface area contributed by atoms with Crippen LogP contribution < -0.4 is 4.90 Å². The van der Waals surface area contributed by atoms with E-state index in [2.05, 4.69) is 37.8 Å². The highest BCUT2D eigenvalue weighted by molar-refractivity contribution is 5.82. The molecular weight excluding hydrogens is 338 g/mol. The Kier molecular flexibility index (Phi) is 5.88. The zero-order valence-corrected chi connectivity index (χ0v) is 17.1. The van der Waals surface area contributed by atoms with Crippen molar-refractivity contribution in [3.05, 3.63) is 35.9 Å². The van der Waals surface area contributed by atoms with Crippen LogP contribution in [0.15, 0.2) is 34.9 Å². The number of benzene rings is 1. The lowest BCUT2D eigenvalue weighted by Crippen LogP contribution is -2.39. The molecular formula is C22H31N3O2. The summed E-state index contributed by atoms with van der Waals surface area (Å²) in [5.41, 5.74) is 2.84. The molecule has 1 saturated carbocycles. The molecule has 0 saturated heterocycles. The molecule has 27 heavy (non-hydrogen) atoms. The van der Waals surface area contributed by atoms with E-state index in [9.17, 15) is 4.79 Å². The van der Waals surface area contributed by atoms with Crippen LogP contribution in [-0.2, 0) is 11.3 Å². The number of rotatable bonds is 8. The summed E-state index contributed by atoms with van der Waals surface area (Å²) in [7, 11) is 2.01. The summed E-state index contributed by atoms with van der Waals surface area (Å²) in [4.78, 5) is 17.1. The van der Waals surface area contributed by atoms with Gasteiger partial charge >= 0.3 is 0 Å². The van der Waals surface area contributed by atoms with Gasteiger partial charge in [0.2, 0.25) is 11.8 Å². The van der Waals surface area contributed by atoms with E-state index in [1.54, 1.807) is 0 Å². The standard InChI is InChI=1S/C22H31N3O2/c1-6-16(4)25(21(26)18-12-13-18)14-19-20(17-10-8-7-9-11-17)23-27-22(19)24(5)15(2)3/h7-11,15-16,18H,6,12-14H2,1-5H3. The minimum atomic E-state index is 0.189. The van der Waals surface area contributed by atoms with Crippen molar-refractivity contribution >= 4 is 11.8 Å². The average Bonchev–Trinajstić information content (AvgIpc) is 3.45. The van der Waals surface area contributed by atoms with Gasteiger partial charge in [0.1, 0.15) is 5.69 Å². The van der Waals surface area contributed by atoms with Crippen molar-refractivity contribution in [2.75, 3.05) is 11.9 Å². The van der Waals surface area contributed by atoms with Crippen LogP contribution in [0.25, 0.3) is 11.3 Å². The van der Waals surface area contributed by atoms with Crippen LogP contribution in [0.3, 0.4) is 0 Å². The van der Waals surface area contributed by atoms with Gasteiger partial charge in [-0.25, -0.2) is 0 Å². The normalized spacial score (nSPS) is 15.0. The minimum Gasteiger partial charge on any atom is -0.341 e. The van der Waals surface area contributed by atoms with Crippen LogP contribution in [0.5, 0.6) is 0 Å². The van der Waals surface area contributed by atoms with E-state index in [1.807, 2.05) is 42.3 Å². The molecule has 5 nitrogen and oxygen atoms in total. The molecule has 0 aliphatic heterocycles. The highest BCUT2D eigenvalue weighted by atomic mass is 16.5. The molecule has 2 aromatic rings. The van der Waals surface area contributed by atoms with Gasteiger partial charge in [-0.15, -0.1) is 0 Å². The molecule has 1 aliphatic carbocycles. The summed E-state index contributed by atoms with van der Waals surface area (Å²) in [6.07, 6.45) is 2.96. The Morgan fingerprint density at radius 3 is 2.44 bits per heavy atom. The van der Waals surface area contributed by atoms with Crippen molar-refractivity contribution in [3.63, 3.8) is 0 Å². The molecule has 146 valence electrons. The number of nitrogens with zero attached hydrogens (tertiary/aromatic N) is 3. The molecule has 1 amide bonds. The van der Waals surface area contributed by atoms with E-state index in [0.717, 1.165) is 42.0 Å². The molecule has 0 N–H and O–H groups in total. The van der Waals surface area contributed by atoms with Gasteiger partial charge in [-0.05, 0) is 40.0 Å². The van der Waals surface area contributed by atoms with Gasteiger partial charge in [0.15, 0.2) is 0 Å². The number of hydrogen-bond acceptors (Lipinski definition) is 4. The van der Waals surface area contributed by atoms with Gasteiger partial charge < -0.3 is 14.3 Å². The highest BCUT2D eigenvalue weighted by Gasteiger charge is 2.36. The Balaban J connectivity index is 2.02. The Hall–Kier alpha value is -2.30. The van der Waals surface area contributed by atoms with Crippen molar-refractivity contribution < 1.29 is 9.32 Å². The number of carbonyl (C=O) groups excluding carboxylic acids is 1. The summed E-state index contributed by atoms with van der Waals surface area (Å²) in [6.45, 7) is 9.03. The second-order valence-electron chi connectivity index (χ2n) is 7.88. The monoisotopic (exact) mass is 369 g/mol. The summed E-state index contributed by atoms with van der Waals surface area (Å²) >= 11 is 0. The Morgan fingerprint density at radius 1 is 1.22 bits per heavy atom. The van der Waals surface area contributed by atoms with Crippen molar-refractivity contribution in [2.45, 2.75) is 65.6 Å². The van der Waals surface area contributed by atoms with Crippen LogP contribution in [0.2, 0.25) is 0 Å². The maximum atomic E-state index is 13.0. The molecule has 1 fully saturated rings. The molecule has 0 radical (unpaired) electrons. The lowest BCUT2D eigenvalue weighted by molar-refractivity contribution is -0.135. The van der Waals surface area contributed by atoms with Gasteiger partial charge in [0.05, 0.1) is 12.1 Å². The zero-order valence-electron chi connectivity index (χ0n) is 17.1. The number of aromatic nitrogens is 1. The topological polar surface area (TPSA) is 49.6 Å². The summed E-state index contributed by atoms with van der Waals surface area (Å²) in [6, 6.07) is 10.5. The Labute approximate surface area is 162 Å². The van der Waals surface area contributed by atoms with Crippen LogP contribution in [-0.4, -0.2) is 35.1 Å². The summed E-state index contributed by atoms with van der Waals surface area (Å²) in [5.74, 6) is 1.22. The lowest BCUT2D eigenvalue weighted by Gasteiger charge is -2.30. The van der Waals surface area contributed by atoms with E-state index in [-0.39, 0.29) is 23.9 Å². The van der Waals surface area contributed by atoms with Crippen molar-refractivity contribution in [1.29, 1.82) is 0 Å². The SMILES string of the molecule is CCC(C)N(Cc1c(-c2ccccc2)noc1N(C)C(C)C)C(=O)C1CC1. The molecule has 0 spiro atoms. The quantitative estimate of drug-likeness (QED) is 0.675. The predicted molar refractivity (Wildman–Crippen MR) is 109 cm³/mol. The first kappa shape index (κ1) is 19.5. The van der Waals surface area contributed by atoms with Crippen LogP contribution >= 0.6 is 0 Å². The first-order chi connectivity index (χ1) is 12.9. The van der Waals surface area contributed by atoms with Crippen LogP contribution in [0.4, 0.5) is 5.88 Å². The first-order valence-corrected chi connectivity index (χ1v) is 10.0. The second kappa shape index (κ2) is 8.15. The molecule has 1 aromatic heterocycles. The fraction of sp³-hybridized carbons (Fsp3) is 0.545. The fourth-order valence-corrected chi connectivity index (χ4v) is 3.18. The molecule has 1 heterocycles. The lowest BCUT2D eigenvalue weighted by atomic mass is 10.0. The molecule has 1 unspecified atom stereocenters. The number of amides is 1. The summed E-state index contributed by atoms with van der Waals surface area (Å²) in [5, 5.41) is 4.39. The molecule has 5 heteroatoms. The maximum absolute atomic E-state index is 13.0.